The van der Waals surface area contributed by atoms with Crippen molar-refractivity contribution in [2.45, 2.75) is 117 Å². The zero-order chi connectivity index (χ0) is 20.2. The van der Waals surface area contributed by atoms with Crippen LogP contribution in [0.3, 0.4) is 0 Å². The predicted molar refractivity (Wildman–Crippen MR) is 119 cm³/mol. The first-order valence-electron chi connectivity index (χ1n) is 12.7. The fraction of sp³-hybridized carbons (Fsp3) is 0.926. The minimum atomic E-state index is -0.516. The maximum Gasteiger partial charge on any atom is 0.0915 e. The van der Waals surface area contributed by atoms with Gasteiger partial charge in [0.25, 0.3) is 0 Å². The fourth-order valence-corrected chi connectivity index (χ4v) is 8.53. The summed E-state index contributed by atoms with van der Waals surface area (Å²) in [5, 5.41) is 12.2. The predicted octanol–water partition coefficient (Wildman–Crippen LogP) is 7.53. The van der Waals surface area contributed by atoms with Gasteiger partial charge < -0.3 is 5.11 Å². The first-order valence-corrected chi connectivity index (χ1v) is 12.7. The zero-order valence-electron chi connectivity index (χ0n) is 19.4. The molecule has 1 nitrogen and oxygen atoms in total. The Morgan fingerprint density at radius 2 is 1.79 bits per heavy atom. The van der Waals surface area contributed by atoms with E-state index in [1.54, 1.807) is 0 Å². The van der Waals surface area contributed by atoms with Crippen LogP contribution in [0.25, 0.3) is 0 Å². The molecule has 0 aromatic carbocycles. The van der Waals surface area contributed by atoms with E-state index in [0.29, 0.717) is 17.3 Å². The van der Waals surface area contributed by atoms with E-state index in [4.69, 9.17) is 0 Å². The molecule has 0 aliphatic heterocycles. The van der Waals surface area contributed by atoms with E-state index in [9.17, 15) is 5.11 Å². The average Bonchev–Trinajstić information content (AvgIpc) is 2.92. The van der Waals surface area contributed by atoms with Crippen LogP contribution in [0.5, 0.6) is 0 Å². The third-order valence-corrected chi connectivity index (χ3v) is 10.4. The third-order valence-electron chi connectivity index (χ3n) is 10.4. The Labute approximate surface area is 174 Å². The molecule has 3 saturated carbocycles. The van der Waals surface area contributed by atoms with E-state index in [2.05, 4.69) is 40.7 Å². The second-order valence-electron chi connectivity index (χ2n) is 12.2. The van der Waals surface area contributed by atoms with E-state index in [1.165, 1.54) is 76.2 Å². The second kappa shape index (κ2) is 7.44. The van der Waals surface area contributed by atoms with Crippen molar-refractivity contribution in [1.29, 1.82) is 0 Å². The summed E-state index contributed by atoms with van der Waals surface area (Å²) < 4.78 is 0. The first-order chi connectivity index (χ1) is 13.2. The first kappa shape index (κ1) is 21.0. The Kier molecular flexibility index (Phi) is 5.56. The topological polar surface area (TPSA) is 20.2 Å². The molecule has 7 atom stereocenters. The molecule has 1 heteroatoms. The highest BCUT2D eigenvalue weighted by Crippen LogP contribution is 2.68. The normalized spacial score (nSPS) is 46.5. The molecule has 28 heavy (non-hydrogen) atoms. The summed E-state index contributed by atoms with van der Waals surface area (Å²) in [6.07, 6.45) is 18.3. The molecule has 4 rings (SSSR count). The van der Waals surface area contributed by atoms with Crippen LogP contribution in [0.1, 0.15) is 112 Å². The summed E-state index contributed by atoms with van der Waals surface area (Å²) in [6, 6.07) is 0. The van der Waals surface area contributed by atoms with Crippen LogP contribution in [0, 0.1) is 40.4 Å². The monoisotopic (exact) mass is 386 g/mol. The molecule has 0 aromatic rings. The lowest BCUT2D eigenvalue weighted by molar-refractivity contribution is -0.107. The molecule has 3 fully saturated rings. The molecule has 1 N–H and O–H groups in total. The van der Waals surface area contributed by atoms with Crippen molar-refractivity contribution in [3.63, 3.8) is 0 Å². The number of hydrogen-bond donors (Lipinski definition) is 1. The number of rotatable bonds is 5. The highest BCUT2D eigenvalue weighted by Gasteiger charge is 2.64. The number of allylic oxidation sites excluding steroid dienone is 1. The van der Waals surface area contributed by atoms with Gasteiger partial charge in [-0.25, -0.2) is 0 Å². The van der Waals surface area contributed by atoms with Crippen LogP contribution in [0.2, 0.25) is 0 Å². The van der Waals surface area contributed by atoms with Crippen molar-refractivity contribution in [2.24, 2.45) is 40.4 Å². The smallest absolute Gasteiger partial charge is 0.0915 e. The Hall–Kier alpha value is -0.300. The summed E-state index contributed by atoms with van der Waals surface area (Å²) >= 11 is 0. The lowest BCUT2D eigenvalue weighted by Crippen LogP contribution is -2.57. The molecule has 0 heterocycles. The molecule has 0 aromatic heterocycles. The van der Waals surface area contributed by atoms with Gasteiger partial charge in [0.1, 0.15) is 0 Å². The van der Waals surface area contributed by atoms with Crippen molar-refractivity contribution < 1.29 is 5.11 Å². The Bertz CT molecular complexity index is 605. The largest absolute Gasteiger partial charge is 0.385 e. The van der Waals surface area contributed by atoms with Crippen molar-refractivity contribution in [3.8, 4) is 0 Å². The van der Waals surface area contributed by atoms with Gasteiger partial charge in [0.15, 0.2) is 0 Å². The molecular weight excluding hydrogens is 340 g/mol. The highest BCUT2D eigenvalue weighted by molar-refractivity contribution is 5.35. The Morgan fingerprint density at radius 1 is 1.00 bits per heavy atom. The molecule has 4 aliphatic rings. The van der Waals surface area contributed by atoms with E-state index in [-0.39, 0.29) is 5.41 Å². The molecule has 0 unspecified atom stereocenters. The maximum absolute atomic E-state index is 12.2. The van der Waals surface area contributed by atoms with Crippen LogP contribution >= 0.6 is 0 Å². The van der Waals surface area contributed by atoms with E-state index in [0.717, 1.165) is 24.2 Å². The van der Waals surface area contributed by atoms with Gasteiger partial charge in [-0.2, -0.15) is 0 Å². The summed E-state index contributed by atoms with van der Waals surface area (Å²) in [4.78, 5) is 0. The quantitative estimate of drug-likeness (QED) is 0.484. The zero-order valence-corrected chi connectivity index (χ0v) is 19.4. The van der Waals surface area contributed by atoms with Gasteiger partial charge in [-0.05, 0) is 85.5 Å². The van der Waals surface area contributed by atoms with Gasteiger partial charge in [0.2, 0.25) is 0 Å². The molecule has 0 spiro atoms. The van der Waals surface area contributed by atoms with Crippen LogP contribution in [-0.4, -0.2) is 10.7 Å². The molecule has 0 radical (unpaired) electrons. The van der Waals surface area contributed by atoms with Crippen molar-refractivity contribution >= 4 is 0 Å². The van der Waals surface area contributed by atoms with Gasteiger partial charge >= 0.3 is 0 Å². The summed E-state index contributed by atoms with van der Waals surface area (Å²) in [7, 11) is 0. The van der Waals surface area contributed by atoms with E-state index < -0.39 is 5.60 Å². The van der Waals surface area contributed by atoms with Gasteiger partial charge in [-0.3, -0.25) is 0 Å². The lowest BCUT2D eigenvalue weighted by atomic mass is 9.46. The van der Waals surface area contributed by atoms with Crippen LogP contribution in [0.4, 0.5) is 0 Å². The fourth-order valence-electron chi connectivity index (χ4n) is 8.53. The van der Waals surface area contributed by atoms with E-state index in [1.807, 2.05) is 0 Å². The second-order valence-corrected chi connectivity index (χ2v) is 12.2. The van der Waals surface area contributed by atoms with Gasteiger partial charge in [0, 0.05) is 5.41 Å². The number of hydrogen-bond acceptors (Lipinski definition) is 1. The van der Waals surface area contributed by atoms with Gasteiger partial charge in [0.05, 0.1) is 5.60 Å². The van der Waals surface area contributed by atoms with Crippen LogP contribution in [-0.2, 0) is 0 Å². The third kappa shape index (κ3) is 3.05. The Balaban J connectivity index is 1.56. The summed E-state index contributed by atoms with van der Waals surface area (Å²) in [6.45, 7) is 12.2. The molecule has 0 amide bonds. The average molecular weight is 387 g/mol. The molecule has 0 saturated heterocycles. The lowest BCUT2D eigenvalue weighted by Gasteiger charge is -2.60. The SMILES string of the molecule is CC(C)CCC[C@@H](C)[C@H]1CC[C@@]2(O)C3=CC[C@H]4CCCC[C@]4(C)[C@H]3CC[C@]12C. The minimum absolute atomic E-state index is 0.102. The van der Waals surface area contributed by atoms with Crippen molar-refractivity contribution in [3.05, 3.63) is 11.6 Å². The number of fused-ring (bicyclic) bond motifs is 5. The van der Waals surface area contributed by atoms with E-state index >= 15 is 0 Å². The highest BCUT2D eigenvalue weighted by atomic mass is 16.3. The summed E-state index contributed by atoms with van der Waals surface area (Å²) in [5.74, 6) is 3.78. The standard InChI is InChI=1S/C27H46O/c1-19(2)9-8-10-20(3)22-15-18-27(28)24-13-12-21-11-6-7-16-25(21,4)23(24)14-17-26(22,27)5/h13,19-23,28H,6-12,14-18H2,1-5H3/t20-,21-,22-,23+,25+,26-,27-/m1/s1. The molecular formula is C27H46O. The molecule has 4 aliphatic carbocycles. The van der Waals surface area contributed by atoms with Crippen LogP contribution < -0.4 is 0 Å². The maximum atomic E-state index is 12.2. The Morgan fingerprint density at radius 3 is 2.54 bits per heavy atom. The van der Waals surface area contributed by atoms with Crippen molar-refractivity contribution in [1.82, 2.24) is 0 Å². The number of aliphatic hydroxyl groups is 1. The van der Waals surface area contributed by atoms with Crippen molar-refractivity contribution in [2.75, 3.05) is 0 Å². The van der Waals surface area contributed by atoms with Gasteiger partial charge in [-0.15, -0.1) is 0 Å². The van der Waals surface area contributed by atoms with Gasteiger partial charge in [-0.1, -0.05) is 72.8 Å². The summed E-state index contributed by atoms with van der Waals surface area (Å²) in [5.41, 5.74) is 1.54. The molecule has 160 valence electrons. The van der Waals surface area contributed by atoms with Crippen LogP contribution in [0.15, 0.2) is 11.6 Å². The molecule has 0 bridgehead atoms. The minimum Gasteiger partial charge on any atom is -0.385 e.